The Morgan fingerprint density at radius 3 is 2.67 bits per heavy atom. The quantitative estimate of drug-likeness (QED) is 0.563. The molecule has 0 aliphatic heterocycles. The van der Waals surface area contributed by atoms with Crippen molar-refractivity contribution in [3.05, 3.63) is 17.5 Å². The summed E-state index contributed by atoms with van der Waals surface area (Å²) in [6.45, 7) is 0.570. The van der Waals surface area contributed by atoms with Gasteiger partial charge in [0.05, 0.1) is 6.54 Å². The second kappa shape index (κ2) is 5.85. The van der Waals surface area contributed by atoms with Crippen LogP contribution in [0.25, 0.3) is 0 Å². The van der Waals surface area contributed by atoms with E-state index in [0.29, 0.717) is 6.54 Å². The Labute approximate surface area is 94.0 Å². The molecule has 5 nitrogen and oxygen atoms in total. The smallest absolute Gasteiger partial charge is 0.224 e. The normalized spacial score (nSPS) is 10.7. The summed E-state index contributed by atoms with van der Waals surface area (Å²) in [5, 5.41) is 0.228. The van der Waals surface area contributed by atoms with Crippen molar-refractivity contribution in [2.45, 2.75) is 6.29 Å². The molecular formula is C9H14ClN3O2. The molecule has 0 aliphatic rings. The van der Waals surface area contributed by atoms with E-state index in [0.717, 1.165) is 5.82 Å². The third-order valence-electron chi connectivity index (χ3n) is 1.95. The molecule has 0 fully saturated rings. The summed E-state index contributed by atoms with van der Waals surface area (Å²) in [5.41, 5.74) is 0. The van der Waals surface area contributed by atoms with Crippen LogP contribution in [0.3, 0.4) is 0 Å². The fourth-order valence-corrected chi connectivity index (χ4v) is 1.24. The van der Waals surface area contributed by atoms with Crippen molar-refractivity contribution in [1.29, 1.82) is 0 Å². The monoisotopic (exact) mass is 231 g/mol. The molecule has 1 heterocycles. The number of nitrogens with zero attached hydrogens (tertiary/aromatic N) is 3. The van der Waals surface area contributed by atoms with Gasteiger partial charge in [0, 0.05) is 27.5 Å². The number of methoxy groups -OCH3 is 2. The maximum atomic E-state index is 5.68. The maximum absolute atomic E-state index is 5.68. The molecule has 0 aromatic carbocycles. The predicted octanol–water partition coefficient (Wildman–Crippen LogP) is 1.19. The summed E-state index contributed by atoms with van der Waals surface area (Å²) in [4.78, 5) is 9.75. The first-order valence-corrected chi connectivity index (χ1v) is 4.80. The summed E-state index contributed by atoms with van der Waals surface area (Å²) in [6, 6.07) is 1.77. The molecular weight excluding hydrogens is 218 g/mol. The third kappa shape index (κ3) is 3.62. The van der Waals surface area contributed by atoms with Gasteiger partial charge < -0.3 is 14.4 Å². The lowest BCUT2D eigenvalue weighted by Gasteiger charge is -2.22. The topological polar surface area (TPSA) is 47.5 Å². The highest BCUT2D eigenvalue weighted by atomic mass is 35.5. The highest BCUT2D eigenvalue weighted by Crippen LogP contribution is 2.11. The zero-order chi connectivity index (χ0) is 11.3. The molecule has 0 unspecified atom stereocenters. The van der Waals surface area contributed by atoms with Crippen LogP contribution in [0.1, 0.15) is 0 Å². The second-order valence-corrected chi connectivity index (χ2v) is 3.30. The van der Waals surface area contributed by atoms with E-state index < -0.39 is 0 Å². The number of hydrogen-bond donors (Lipinski definition) is 0. The number of ether oxygens (including phenoxy) is 2. The van der Waals surface area contributed by atoms with Crippen LogP contribution in [0.2, 0.25) is 5.28 Å². The van der Waals surface area contributed by atoms with Crippen molar-refractivity contribution >= 4 is 17.4 Å². The second-order valence-electron chi connectivity index (χ2n) is 2.97. The predicted molar refractivity (Wildman–Crippen MR) is 58.1 cm³/mol. The van der Waals surface area contributed by atoms with Gasteiger partial charge in [-0.15, -0.1) is 0 Å². The van der Waals surface area contributed by atoms with Crippen LogP contribution in [-0.4, -0.2) is 44.1 Å². The number of rotatable bonds is 5. The van der Waals surface area contributed by atoms with Crippen LogP contribution in [-0.2, 0) is 9.47 Å². The van der Waals surface area contributed by atoms with E-state index in [1.54, 1.807) is 26.5 Å². The lowest BCUT2D eigenvalue weighted by molar-refractivity contribution is -0.0944. The molecule has 0 spiro atoms. The van der Waals surface area contributed by atoms with Gasteiger partial charge in [0.2, 0.25) is 5.28 Å². The molecule has 0 aliphatic carbocycles. The van der Waals surface area contributed by atoms with Crippen molar-refractivity contribution in [1.82, 2.24) is 9.97 Å². The number of halogens is 1. The number of likely N-dealkylation sites (N-methyl/N-ethyl adjacent to an activating group) is 1. The van der Waals surface area contributed by atoms with Gasteiger partial charge in [0.25, 0.3) is 0 Å². The SMILES string of the molecule is COC(CN(C)c1ccnc(Cl)n1)OC. The van der Waals surface area contributed by atoms with Gasteiger partial charge in [0.15, 0.2) is 6.29 Å². The molecule has 0 saturated carbocycles. The average molecular weight is 232 g/mol. The molecule has 0 atom stereocenters. The van der Waals surface area contributed by atoms with E-state index >= 15 is 0 Å². The van der Waals surface area contributed by atoms with E-state index in [2.05, 4.69) is 9.97 Å². The van der Waals surface area contributed by atoms with Crippen molar-refractivity contribution in [2.75, 3.05) is 32.7 Å². The van der Waals surface area contributed by atoms with Crippen LogP contribution in [0.15, 0.2) is 12.3 Å². The minimum atomic E-state index is -0.288. The first-order valence-electron chi connectivity index (χ1n) is 4.42. The Balaban J connectivity index is 2.64. The first-order chi connectivity index (χ1) is 7.17. The number of anilines is 1. The molecule has 1 aromatic rings. The molecule has 0 bridgehead atoms. The van der Waals surface area contributed by atoms with Gasteiger partial charge in [-0.1, -0.05) is 0 Å². The fourth-order valence-electron chi connectivity index (χ4n) is 1.10. The first kappa shape index (κ1) is 12.2. The molecule has 1 aromatic heterocycles. The van der Waals surface area contributed by atoms with E-state index in [4.69, 9.17) is 21.1 Å². The lowest BCUT2D eigenvalue weighted by atomic mass is 10.5. The van der Waals surface area contributed by atoms with Crippen molar-refractivity contribution in [3.63, 3.8) is 0 Å². The van der Waals surface area contributed by atoms with Gasteiger partial charge in [-0.2, -0.15) is 0 Å². The lowest BCUT2D eigenvalue weighted by Crippen LogP contribution is -2.32. The molecule has 0 N–H and O–H groups in total. The van der Waals surface area contributed by atoms with Gasteiger partial charge in [-0.05, 0) is 17.7 Å². The van der Waals surface area contributed by atoms with Crippen LogP contribution >= 0.6 is 11.6 Å². The van der Waals surface area contributed by atoms with Gasteiger partial charge in [0.1, 0.15) is 5.82 Å². The largest absolute Gasteiger partial charge is 0.354 e. The highest BCUT2D eigenvalue weighted by Gasteiger charge is 2.11. The van der Waals surface area contributed by atoms with E-state index in [1.807, 2.05) is 11.9 Å². The van der Waals surface area contributed by atoms with Gasteiger partial charge in [-0.25, -0.2) is 9.97 Å². The Bertz CT molecular complexity index is 307. The fraction of sp³-hybridized carbons (Fsp3) is 0.556. The summed E-state index contributed by atoms with van der Waals surface area (Å²) < 4.78 is 10.2. The van der Waals surface area contributed by atoms with Crippen molar-refractivity contribution in [3.8, 4) is 0 Å². The molecule has 0 radical (unpaired) electrons. The summed E-state index contributed by atoms with van der Waals surface area (Å²) in [6.07, 6.45) is 1.32. The Morgan fingerprint density at radius 2 is 2.13 bits per heavy atom. The van der Waals surface area contributed by atoms with Gasteiger partial charge in [-0.3, -0.25) is 0 Å². The molecule has 0 saturated heterocycles. The van der Waals surface area contributed by atoms with Crippen LogP contribution < -0.4 is 4.90 Å². The van der Waals surface area contributed by atoms with Crippen LogP contribution in [0.5, 0.6) is 0 Å². The minimum absolute atomic E-state index is 0.228. The molecule has 1 rings (SSSR count). The zero-order valence-electron chi connectivity index (χ0n) is 8.98. The van der Waals surface area contributed by atoms with E-state index in [1.165, 1.54) is 0 Å². The van der Waals surface area contributed by atoms with Crippen molar-refractivity contribution in [2.24, 2.45) is 0 Å². The molecule has 15 heavy (non-hydrogen) atoms. The summed E-state index contributed by atoms with van der Waals surface area (Å²) >= 11 is 5.68. The minimum Gasteiger partial charge on any atom is -0.354 e. The number of aromatic nitrogens is 2. The molecule has 84 valence electrons. The summed E-state index contributed by atoms with van der Waals surface area (Å²) in [7, 11) is 5.06. The third-order valence-corrected chi connectivity index (χ3v) is 2.13. The maximum Gasteiger partial charge on any atom is 0.224 e. The van der Waals surface area contributed by atoms with Crippen LogP contribution in [0, 0.1) is 0 Å². The Kier molecular flexibility index (Phi) is 4.74. The molecule has 6 heteroatoms. The van der Waals surface area contributed by atoms with Crippen LogP contribution in [0.4, 0.5) is 5.82 Å². The zero-order valence-corrected chi connectivity index (χ0v) is 9.73. The Morgan fingerprint density at radius 1 is 1.47 bits per heavy atom. The number of hydrogen-bond acceptors (Lipinski definition) is 5. The highest BCUT2D eigenvalue weighted by molar-refractivity contribution is 6.28. The Hall–Kier alpha value is -0.910. The summed E-state index contributed by atoms with van der Waals surface area (Å²) in [5.74, 6) is 0.731. The average Bonchev–Trinajstić information content (AvgIpc) is 2.25. The van der Waals surface area contributed by atoms with E-state index in [9.17, 15) is 0 Å². The van der Waals surface area contributed by atoms with Crippen molar-refractivity contribution < 1.29 is 9.47 Å². The standard InChI is InChI=1S/C9H14ClN3O2/c1-13(6-8(14-2)15-3)7-4-5-11-9(10)12-7/h4-5,8H,6H2,1-3H3. The van der Waals surface area contributed by atoms with Gasteiger partial charge >= 0.3 is 0 Å². The molecule has 0 amide bonds. The van der Waals surface area contributed by atoms with E-state index in [-0.39, 0.29) is 11.6 Å².